The number of nitrogens with two attached hydrogens (primary N) is 1. The van der Waals surface area contributed by atoms with Crippen LogP contribution in [0.1, 0.15) is 5.56 Å². The maximum atomic E-state index is 11.8. The number of carbonyl (C=O) groups is 1. The van der Waals surface area contributed by atoms with E-state index in [4.69, 9.17) is 17.3 Å². The number of halogens is 3. The van der Waals surface area contributed by atoms with Gasteiger partial charge in [-0.15, -0.1) is 11.6 Å². The molecule has 0 aromatic heterocycles. The molecule has 6 heteroatoms. The third-order valence-corrected chi connectivity index (χ3v) is 2.24. The van der Waals surface area contributed by atoms with Gasteiger partial charge < -0.3 is 10.5 Å². The average Bonchev–Trinajstić information content (AvgIpc) is 2.20. The van der Waals surface area contributed by atoms with Crippen molar-refractivity contribution in [2.24, 2.45) is 5.73 Å². The predicted octanol–water partition coefficient (Wildman–Crippen LogP) is 1.92. The van der Waals surface area contributed by atoms with Crippen molar-refractivity contribution >= 4 is 17.5 Å². The second-order valence-electron chi connectivity index (χ2n) is 3.10. The molecular formula is C10H10ClF2NO2. The van der Waals surface area contributed by atoms with Crippen molar-refractivity contribution < 1.29 is 18.3 Å². The number of alkyl halides is 3. The number of carbonyl (C=O) groups excluding carboxylic acids is 1. The Balaban J connectivity index is 2.61. The van der Waals surface area contributed by atoms with E-state index in [0.29, 0.717) is 0 Å². The SMILES string of the molecule is NC(=O)C(Cl)Cc1ccc(OC(F)F)cc1. The standard InChI is InChI=1S/C10H10ClF2NO2/c11-8(9(14)15)5-6-1-3-7(4-2-6)16-10(12)13/h1-4,8,10H,5H2,(H2,14,15). The summed E-state index contributed by atoms with van der Waals surface area (Å²) in [6.07, 6.45) is 0.256. The van der Waals surface area contributed by atoms with Gasteiger partial charge in [0.1, 0.15) is 11.1 Å². The molecule has 0 fully saturated rings. The molecule has 16 heavy (non-hydrogen) atoms. The summed E-state index contributed by atoms with van der Waals surface area (Å²) in [5.41, 5.74) is 5.71. The first-order valence-corrected chi connectivity index (χ1v) is 4.90. The molecule has 0 saturated heterocycles. The quantitative estimate of drug-likeness (QED) is 0.811. The van der Waals surface area contributed by atoms with Crippen LogP contribution >= 0.6 is 11.6 Å². The minimum absolute atomic E-state index is 0.0592. The van der Waals surface area contributed by atoms with Crippen LogP contribution in [0.5, 0.6) is 5.75 Å². The molecule has 0 aliphatic carbocycles. The topological polar surface area (TPSA) is 52.3 Å². The molecule has 0 radical (unpaired) electrons. The lowest BCUT2D eigenvalue weighted by Gasteiger charge is -2.07. The second kappa shape index (κ2) is 5.65. The van der Waals surface area contributed by atoms with E-state index in [0.717, 1.165) is 5.56 Å². The van der Waals surface area contributed by atoms with Gasteiger partial charge in [-0.2, -0.15) is 8.78 Å². The maximum Gasteiger partial charge on any atom is 0.387 e. The smallest absolute Gasteiger partial charge is 0.387 e. The van der Waals surface area contributed by atoms with Crippen LogP contribution < -0.4 is 10.5 Å². The zero-order valence-corrected chi connectivity index (χ0v) is 8.95. The van der Waals surface area contributed by atoms with E-state index in [1.165, 1.54) is 12.1 Å². The molecule has 0 spiro atoms. The molecule has 1 unspecified atom stereocenters. The van der Waals surface area contributed by atoms with Crippen molar-refractivity contribution in [3.05, 3.63) is 29.8 Å². The Morgan fingerprint density at radius 1 is 1.38 bits per heavy atom. The summed E-state index contributed by atoms with van der Waals surface area (Å²) in [5, 5.41) is -0.804. The Morgan fingerprint density at radius 3 is 2.38 bits per heavy atom. The fourth-order valence-corrected chi connectivity index (χ4v) is 1.29. The fraction of sp³-hybridized carbons (Fsp3) is 0.300. The Morgan fingerprint density at radius 2 is 1.94 bits per heavy atom. The summed E-state index contributed by atoms with van der Waals surface area (Å²) in [4.78, 5) is 10.7. The third kappa shape index (κ3) is 4.02. The van der Waals surface area contributed by atoms with Crippen molar-refractivity contribution in [1.82, 2.24) is 0 Å². The number of benzene rings is 1. The van der Waals surface area contributed by atoms with Gasteiger partial charge in [-0.1, -0.05) is 12.1 Å². The Kier molecular flexibility index (Phi) is 4.49. The van der Waals surface area contributed by atoms with Crippen LogP contribution in [0.25, 0.3) is 0 Å². The van der Waals surface area contributed by atoms with Crippen LogP contribution in [-0.4, -0.2) is 17.9 Å². The van der Waals surface area contributed by atoms with Gasteiger partial charge in [-0.25, -0.2) is 0 Å². The molecule has 0 bridgehead atoms. The van der Waals surface area contributed by atoms with E-state index in [9.17, 15) is 13.6 Å². The number of hydrogen-bond acceptors (Lipinski definition) is 2. The lowest BCUT2D eigenvalue weighted by atomic mass is 10.1. The van der Waals surface area contributed by atoms with Crippen molar-refractivity contribution in [2.75, 3.05) is 0 Å². The molecule has 1 aromatic carbocycles. The number of ether oxygens (including phenoxy) is 1. The average molecular weight is 250 g/mol. The van der Waals surface area contributed by atoms with Crippen LogP contribution in [0.3, 0.4) is 0 Å². The molecule has 1 atom stereocenters. The lowest BCUT2D eigenvalue weighted by Crippen LogP contribution is -2.25. The summed E-state index contributed by atoms with van der Waals surface area (Å²) in [7, 11) is 0. The maximum absolute atomic E-state index is 11.8. The summed E-state index contributed by atoms with van der Waals surface area (Å²) < 4.78 is 27.8. The molecule has 1 rings (SSSR count). The van der Waals surface area contributed by atoms with Crippen LogP contribution in [-0.2, 0) is 11.2 Å². The van der Waals surface area contributed by atoms with E-state index in [1.807, 2.05) is 0 Å². The second-order valence-corrected chi connectivity index (χ2v) is 3.62. The van der Waals surface area contributed by atoms with Gasteiger partial charge in [0.25, 0.3) is 0 Å². The van der Waals surface area contributed by atoms with E-state index in [-0.39, 0.29) is 12.2 Å². The minimum Gasteiger partial charge on any atom is -0.435 e. The minimum atomic E-state index is -2.85. The van der Waals surface area contributed by atoms with Crippen molar-refractivity contribution in [1.29, 1.82) is 0 Å². The predicted molar refractivity (Wildman–Crippen MR) is 55.6 cm³/mol. The molecule has 2 N–H and O–H groups in total. The third-order valence-electron chi connectivity index (χ3n) is 1.87. The molecule has 3 nitrogen and oxygen atoms in total. The first kappa shape index (κ1) is 12.7. The highest BCUT2D eigenvalue weighted by Crippen LogP contribution is 2.16. The zero-order valence-electron chi connectivity index (χ0n) is 8.20. The first-order valence-electron chi connectivity index (χ1n) is 4.46. The Bertz CT molecular complexity index is 356. The van der Waals surface area contributed by atoms with Crippen LogP contribution in [0, 0.1) is 0 Å². The summed E-state index contributed by atoms with van der Waals surface area (Å²) in [6, 6.07) is 5.87. The van der Waals surface area contributed by atoms with Gasteiger partial charge in [0.05, 0.1) is 0 Å². The number of amides is 1. The highest BCUT2D eigenvalue weighted by atomic mass is 35.5. The van der Waals surface area contributed by atoms with Gasteiger partial charge in [-0.3, -0.25) is 4.79 Å². The summed E-state index contributed by atoms with van der Waals surface area (Å²) in [6.45, 7) is -2.85. The van der Waals surface area contributed by atoms with E-state index in [2.05, 4.69) is 4.74 Å². The summed E-state index contributed by atoms with van der Waals surface area (Å²) >= 11 is 5.65. The molecule has 1 amide bonds. The van der Waals surface area contributed by atoms with Crippen molar-refractivity contribution in [3.63, 3.8) is 0 Å². The van der Waals surface area contributed by atoms with Gasteiger partial charge >= 0.3 is 6.61 Å². The van der Waals surface area contributed by atoms with E-state index >= 15 is 0 Å². The molecule has 0 aliphatic rings. The highest BCUT2D eigenvalue weighted by molar-refractivity contribution is 6.30. The normalized spacial score (nSPS) is 12.5. The van der Waals surface area contributed by atoms with Crippen LogP contribution in [0.15, 0.2) is 24.3 Å². The molecule has 0 aliphatic heterocycles. The monoisotopic (exact) mass is 249 g/mol. The summed E-state index contributed by atoms with van der Waals surface area (Å²) in [5.74, 6) is -0.557. The molecule has 0 heterocycles. The van der Waals surface area contributed by atoms with Crippen molar-refractivity contribution in [3.8, 4) is 5.75 Å². The van der Waals surface area contributed by atoms with Gasteiger partial charge in [0.2, 0.25) is 5.91 Å². The van der Waals surface area contributed by atoms with Gasteiger partial charge in [0, 0.05) is 0 Å². The molecule has 1 aromatic rings. The van der Waals surface area contributed by atoms with E-state index in [1.54, 1.807) is 12.1 Å². The van der Waals surface area contributed by atoms with Gasteiger partial charge in [0.15, 0.2) is 0 Å². The number of primary amides is 1. The first-order chi connectivity index (χ1) is 7.49. The molecular weight excluding hydrogens is 240 g/mol. The molecule has 0 saturated carbocycles. The van der Waals surface area contributed by atoms with Crippen LogP contribution in [0.4, 0.5) is 8.78 Å². The largest absolute Gasteiger partial charge is 0.435 e. The van der Waals surface area contributed by atoms with Crippen molar-refractivity contribution in [2.45, 2.75) is 18.4 Å². The highest BCUT2D eigenvalue weighted by Gasteiger charge is 2.12. The Labute approximate surface area is 96.1 Å². The zero-order chi connectivity index (χ0) is 12.1. The number of rotatable bonds is 5. The molecule has 88 valence electrons. The van der Waals surface area contributed by atoms with Gasteiger partial charge in [-0.05, 0) is 24.1 Å². The Hall–Kier alpha value is -1.36. The van der Waals surface area contributed by atoms with Crippen LogP contribution in [0.2, 0.25) is 0 Å². The number of hydrogen-bond donors (Lipinski definition) is 1. The lowest BCUT2D eigenvalue weighted by molar-refractivity contribution is -0.117. The van der Waals surface area contributed by atoms with E-state index < -0.39 is 17.9 Å². The fourth-order valence-electron chi connectivity index (χ4n) is 1.11.